The van der Waals surface area contributed by atoms with Crippen LogP contribution in [0.3, 0.4) is 0 Å². The van der Waals surface area contributed by atoms with Gasteiger partial charge < -0.3 is 5.73 Å². The van der Waals surface area contributed by atoms with Gasteiger partial charge in [-0.1, -0.05) is 29.6 Å². The fourth-order valence-corrected chi connectivity index (χ4v) is 4.61. The molecular weight excluding hydrogens is 287 g/mol. The van der Waals surface area contributed by atoms with E-state index in [1.807, 2.05) is 6.07 Å². The molecule has 1 aromatic rings. The molecule has 5 heteroatoms. The second-order valence-electron chi connectivity index (χ2n) is 5.12. The molecule has 2 rings (SSSR count). The molecule has 1 aliphatic rings. The average molecular weight is 307 g/mol. The van der Waals surface area contributed by atoms with E-state index < -0.39 is 0 Å². The Morgan fingerprint density at radius 3 is 2.78 bits per heavy atom. The van der Waals surface area contributed by atoms with Crippen LogP contribution < -0.4 is 5.73 Å². The molecule has 3 unspecified atom stereocenters. The first-order chi connectivity index (χ1) is 8.54. The molecule has 3 atom stereocenters. The maximum atomic E-state index is 6.24. The molecule has 0 aromatic carbocycles. The summed E-state index contributed by atoms with van der Waals surface area (Å²) in [6.45, 7) is 2.97. The smallest absolute Gasteiger partial charge is 0.0991 e. The van der Waals surface area contributed by atoms with Gasteiger partial charge in [-0.2, -0.15) is 0 Å². The van der Waals surface area contributed by atoms with Crippen LogP contribution in [0.15, 0.2) is 6.07 Å². The highest BCUT2D eigenvalue weighted by atomic mass is 35.5. The Morgan fingerprint density at radius 2 is 2.22 bits per heavy atom. The summed E-state index contributed by atoms with van der Waals surface area (Å²) >= 11 is 13.7. The van der Waals surface area contributed by atoms with Gasteiger partial charge in [0.05, 0.1) is 8.67 Å². The molecule has 18 heavy (non-hydrogen) atoms. The number of halogens is 2. The van der Waals surface area contributed by atoms with Crippen molar-refractivity contribution in [2.45, 2.75) is 38.3 Å². The van der Waals surface area contributed by atoms with Crippen LogP contribution in [0.5, 0.6) is 0 Å². The average Bonchev–Trinajstić information content (AvgIpc) is 2.93. The highest BCUT2D eigenvalue weighted by Gasteiger charge is 2.32. The summed E-state index contributed by atoms with van der Waals surface area (Å²) in [5.74, 6) is 0.616. The molecule has 2 N–H and O–H groups in total. The van der Waals surface area contributed by atoms with Crippen LogP contribution in [-0.4, -0.2) is 24.5 Å². The van der Waals surface area contributed by atoms with Crippen molar-refractivity contribution in [1.82, 2.24) is 4.90 Å². The number of nitrogens with two attached hydrogens (primary N) is 1. The summed E-state index contributed by atoms with van der Waals surface area (Å²) in [4.78, 5) is 2.41. The topological polar surface area (TPSA) is 29.3 Å². The number of hydrogen-bond donors (Lipinski definition) is 1. The molecule has 1 saturated carbocycles. The van der Waals surface area contributed by atoms with Crippen LogP contribution in [0.1, 0.15) is 37.8 Å². The first-order valence-corrected chi connectivity index (χ1v) is 7.98. The Bertz CT molecular complexity index is 408. The van der Waals surface area contributed by atoms with Crippen molar-refractivity contribution in [2.75, 3.05) is 13.6 Å². The van der Waals surface area contributed by atoms with Crippen LogP contribution in [-0.2, 0) is 0 Å². The van der Waals surface area contributed by atoms with Gasteiger partial charge in [0.1, 0.15) is 0 Å². The molecular formula is C13H20Cl2N2S. The van der Waals surface area contributed by atoms with Gasteiger partial charge in [0, 0.05) is 17.6 Å². The van der Waals surface area contributed by atoms with E-state index in [0.29, 0.717) is 18.0 Å². The van der Waals surface area contributed by atoms with Crippen molar-refractivity contribution in [3.63, 3.8) is 0 Å². The lowest BCUT2D eigenvalue weighted by molar-refractivity contribution is 0.152. The number of rotatable bonds is 4. The van der Waals surface area contributed by atoms with Crippen molar-refractivity contribution in [3.05, 3.63) is 20.3 Å². The Hall–Kier alpha value is 0.200. The van der Waals surface area contributed by atoms with Crippen LogP contribution in [0, 0.1) is 5.92 Å². The molecule has 1 heterocycles. The second kappa shape index (κ2) is 6.10. The molecule has 1 aliphatic carbocycles. The van der Waals surface area contributed by atoms with Gasteiger partial charge in [0.2, 0.25) is 0 Å². The molecule has 1 aromatic heterocycles. The van der Waals surface area contributed by atoms with Crippen LogP contribution in [0.2, 0.25) is 8.67 Å². The van der Waals surface area contributed by atoms with Gasteiger partial charge in [-0.3, -0.25) is 4.90 Å². The van der Waals surface area contributed by atoms with E-state index in [9.17, 15) is 0 Å². The van der Waals surface area contributed by atoms with E-state index in [-0.39, 0.29) is 0 Å². The molecule has 0 saturated heterocycles. The lowest BCUT2D eigenvalue weighted by Crippen LogP contribution is -2.39. The Labute approximate surface area is 123 Å². The van der Waals surface area contributed by atoms with Gasteiger partial charge in [-0.05, 0) is 45.3 Å². The van der Waals surface area contributed by atoms with Crippen molar-refractivity contribution in [1.29, 1.82) is 0 Å². The van der Waals surface area contributed by atoms with E-state index >= 15 is 0 Å². The van der Waals surface area contributed by atoms with E-state index in [4.69, 9.17) is 28.9 Å². The first-order valence-electron chi connectivity index (χ1n) is 6.41. The first kappa shape index (κ1) is 14.6. The van der Waals surface area contributed by atoms with Crippen LogP contribution >= 0.6 is 34.5 Å². The molecule has 1 fully saturated rings. The van der Waals surface area contributed by atoms with E-state index in [1.165, 1.54) is 30.6 Å². The third-order valence-electron chi connectivity index (χ3n) is 4.19. The van der Waals surface area contributed by atoms with Gasteiger partial charge in [-0.15, -0.1) is 11.3 Å². The molecule has 0 bridgehead atoms. The minimum Gasteiger partial charge on any atom is -0.330 e. The van der Waals surface area contributed by atoms with Crippen molar-refractivity contribution in [2.24, 2.45) is 11.7 Å². The predicted octanol–water partition coefficient (Wildman–Crippen LogP) is 4.18. The lowest BCUT2D eigenvalue weighted by Gasteiger charge is -2.34. The number of hydrogen-bond acceptors (Lipinski definition) is 3. The standard InChI is InChI=1S/C13H20Cl2N2S/c1-8(10-6-12(14)18-13(10)15)17(2)11-5-3-4-9(11)7-16/h6,8-9,11H,3-5,7,16H2,1-2H3. The van der Waals surface area contributed by atoms with Crippen molar-refractivity contribution in [3.8, 4) is 0 Å². The summed E-state index contributed by atoms with van der Waals surface area (Å²) in [7, 11) is 2.17. The van der Waals surface area contributed by atoms with Crippen molar-refractivity contribution >= 4 is 34.5 Å². The molecule has 0 amide bonds. The zero-order valence-electron chi connectivity index (χ0n) is 10.8. The summed E-state index contributed by atoms with van der Waals surface area (Å²) in [6.07, 6.45) is 3.76. The largest absolute Gasteiger partial charge is 0.330 e. The molecule has 0 spiro atoms. The van der Waals surface area contributed by atoms with Crippen molar-refractivity contribution < 1.29 is 0 Å². The third kappa shape index (κ3) is 2.86. The monoisotopic (exact) mass is 306 g/mol. The normalized spacial score (nSPS) is 25.9. The molecule has 102 valence electrons. The van der Waals surface area contributed by atoms with Gasteiger partial charge in [-0.25, -0.2) is 0 Å². The minimum atomic E-state index is 0.290. The third-order valence-corrected chi connectivity index (χ3v) is 5.71. The quantitative estimate of drug-likeness (QED) is 0.904. The van der Waals surface area contributed by atoms with Gasteiger partial charge >= 0.3 is 0 Å². The Balaban J connectivity index is 2.13. The van der Waals surface area contributed by atoms with Crippen LogP contribution in [0.25, 0.3) is 0 Å². The summed E-state index contributed by atoms with van der Waals surface area (Å²) in [6, 6.07) is 2.85. The highest BCUT2D eigenvalue weighted by Crippen LogP contribution is 2.39. The van der Waals surface area contributed by atoms with E-state index in [2.05, 4.69) is 18.9 Å². The fourth-order valence-electron chi connectivity index (χ4n) is 2.97. The summed E-state index contributed by atoms with van der Waals surface area (Å²) < 4.78 is 1.57. The summed E-state index contributed by atoms with van der Waals surface area (Å²) in [5.41, 5.74) is 7.00. The van der Waals surface area contributed by atoms with E-state index in [0.717, 1.165) is 20.8 Å². The zero-order valence-corrected chi connectivity index (χ0v) is 13.2. The Kier molecular flexibility index (Phi) is 4.95. The number of nitrogens with zero attached hydrogens (tertiary/aromatic N) is 1. The maximum Gasteiger partial charge on any atom is 0.0991 e. The fraction of sp³-hybridized carbons (Fsp3) is 0.692. The maximum absolute atomic E-state index is 6.24. The summed E-state index contributed by atoms with van der Waals surface area (Å²) in [5, 5.41) is 0. The molecule has 2 nitrogen and oxygen atoms in total. The molecule has 0 aliphatic heterocycles. The minimum absolute atomic E-state index is 0.290. The zero-order chi connectivity index (χ0) is 13.3. The molecule has 0 radical (unpaired) electrons. The lowest BCUT2D eigenvalue weighted by atomic mass is 10.00. The SMILES string of the molecule is CC(c1cc(Cl)sc1Cl)N(C)C1CCCC1CN. The predicted molar refractivity (Wildman–Crippen MR) is 80.7 cm³/mol. The highest BCUT2D eigenvalue weighted by molar-refractivity contribution is 7.20. The van der Waals surface area contributed by atoms with Gasteiger partial charge in [0.25, 0.3) is 0 Å². The number of thiophene rings is 1. The van der Waals surface area contributed by atoms with Crippen LogP contribution in [0.4, 0.5) is 0 Å². The van der Waals surface area contributed by atoms with E-state index in [1.54, 1.807) is 0 Å². The Morgan fingerprint density at radius 1 is 1.50 bits per heavy atom. The second-order valence-corrected chi connectivity index (χ2v) is 7.40. The van der Waals surface area contributed by atoms with Gasteiger partial charge in [0.15, 0.2) is 0 Å².